The Balaban J connectivity index is 2.27. The molecule has 0 spiro atoms. The highest BCUT2D eigenvalue weighted by atomic mass is 15.1. The Hall–Kier alpha value is -2.54. The first kappa shape index (κ1) is 16.3. The zero-order valence-corrected chi connectivity index (χ0v) is 15.0. The Morgan fingerprint density at radius 2 is 1.75 bits per heavy atom. The first-order valence-corrected chi connectivity index (χ1v) is 8.56. The van der Waals surface area contributed by atoms with Gasteiger partial charge in [0.2, 0.25) is 0 Å². The van der Waals surface area contributed by atoms with E-state index in [1.165, 1.54) is 39.2 Å². The quantitative estimate of drug-likeness (QED) is 0.591. The fourth-order valence-electron chi connectivity index (χ4n) is 3.35. The van der Waals surface area contributed by atoms with Crippen LogP contribution < -0.4 is 4.90 Å². The fraction of sp³-hybridized carbons (Fsp3) is 0.217. The summed E-state index contributed by atoms with van der Waals surface area (Å²) in [5, 5.41) is 0. The summed E-state index contributed by atoms with van der Waals surface area (Å²) < 4.78 is 0. The fourth-order valence-corrected chi connectivity index (χ4v) is 3.35. The zero-order valence-electron chi connectivity index (χ0n) is 15.0. The summed E-state index contributed by atoms with van der Waals surface area (Å²) in [6, 6.07) is 15.4. The number of aryl methyl sites for hydroxylation is 2. The molecular weight excluding hydrogens is 290 g/mol. The number of rotatable bonds is 1. The highest BCUT2D eigenvalue weighted by Gasteiger charge is 2.18. The van der Waals surface area contributed by atoms with E-state index in [2.05, 4.69) is 99.4 Å². The molecule has 1 aliphatic rings. The molecule has 0 N–H and O–H groups in total. The van der Waals surface area contributed by atoms with Crippen molar-refractivity contribution in [2.75, 3.05) is 11.4 Å². The van der Waals surface area contributed by atoms with Gasteiger partial charge in [-0.05, 0) is 62.1 Å². The van der Waals surface area contributed by atoms with Gasteiger partial charge in [0.1, 0.15) is 0 Å². The van der Waals surface area contributed by atoms with Crippen LogP contribution in [0, 0.1) is 13.8 Å². The van der Waals surface area contributed by atoms with Gasteiger partial charge in [0, 0.05) is 23.5 Å². The molecule has 0 bridgehead atoms. The molecule has 0 saturated carbocycles. The molecule has 24 heavy (non-hydrogen) atoms. The van der Waals surface area contributed by atoms with E-state index in [9.17, 15) is 0 Å². The molecule has 0 radical (unpaired) electrons. The zero-order chi connectivity index (χ0) is 17.1. The standard InChI is InChI=1S/C23H25N/c1-5-20-18(3)10-8-9-15-24(22-12-7-6-11-19(22)4)23-16-17(2)13-14-21(20)23/h5-14,16H,15H2,1-4H3/b9-8-,18-10-,20-5?. The second-order valence-corrected chi connectivity index (χ2v) is 6.40. The van der Waals surface area contributed by atoms with E-state index in [-0.39, 0.29) is 0 Å². The third-order valence-electron chi connectivity index (χ3n) is 4.62. The lowest BCUT2D eigenvalue weighted by atomic mass is 9.95. The Bertz CT molecular complexity index is 837. The van der Waals surface area contributed by atoms with Crippen LogP contribution in [-0.2, 0) is 0 Å². The SMILES string of the molecule is CC=C1/C(C)=C\C=C/CN(c2ccccc2C)c2cc(C)ccc21. The van der Waals surface area contributed by atoms with Crippen LogP contribution in [0.5, 0.6) is 0 Å². The molecule has 0 aromatic heterocycles. The van der Waals surface area contributed by atoms with Crippen LogP contribution in [-0.4, -0.2) is 6.54 Å². The maximum atomic E-state index is 2.42. The number of anilines is 2. The summed E-state index contributed by atoms with van der Waals surface area (Å²) in [4.78, 5) is 2.42. The average Bonchev–Trinajstić information content (AvgIpc) is 2.63. The average molecular weight is 315 g/mol. The minimum Gasteiger partial charge on any atom is -0.337 e. The molecule has 0 unspecified atom stereocenters. The third kappa shape index (κ3) is 3.07. The highest BCUT2D eigenvalue weighted by molar-refractivity contribution is 5.88. The lowest BCUT2D eigenvalue weighted by molar-refractivity contribution is 1.08. The second-order valence-electron chi connectivity index (χ2n) is 6.40. The number of allylic oxidation sites excluding steroid dienone is 5. The summed E-state index contributed by atoms with van der Waals surface area (Å²) in [6.07, 6.45) is 8.83. The van der Waals surface area contributed by atoms with Gasteiger partial charge in [-0.1, -0.05) is 54.6 Å². The monoisotopic (exact) mass is 315 g/mol. The Morgan fingerprint density at radius 1 is 0.958 bits per heavy atom. The molecule has 1 nitrogen and oxygen atoms in total. The van der Waals surface area contributed by atoms with Gasteiger partial charge in [-0.25, -0.2) is 0 Å². The van der Waals surface area contributed by atoms with Gasteiger partial charge in [0.25, 0.3) is 0 Å². The van der Waals surface area contributed by atoms with Crippen LogP contribution in [0.2, 0.25) is 0 Å². The van der Waals surface area contributed by atoms with Gasteiger partial charge >= 0.3 is 0 Å². The summed E-state index contributed by atoms with van der Waals surface area (Å²) in [5.74, 6) is 0. The lowest BCUT2D eigenvalue weighted by Crippen LogP contribution is -2.19. The predicted molar refractivity (Wildman–Crippen MR) is 106 cm³/mol. The molecule has 2 aromatic carbocycles. The van der Waals surface area contributed by atoms with Crippen LogP contribution in [0.3, 0.4) is 0 Å². The van der Waals surface area contributed by atoms with E-state index >= 15 is 0 Å². The molecule has 2 aromatic rings. The molecular formula is C23H25N. The first-order chi connectivity index (χ1) is 11.6. The molecule has 0 aliphatic carbocycles. The molecule has 1 heterocycles. The van der Waals surface area contributed by atoms with Gasteiger partial charge in [-0.2, -0.15) is 0 Å². The molecule has 1 heteroatoms. The largest absolute Gasteiger partial charge is 0.337 e. The van der Waals surface area contributed by atoms with Crippen molar-refractivity contribution in [1.29, 1.82) is 0 Å². The lowest BCUT2D eigenvalue weighted by Gasteiger charge is -2.28. The molecule has 0 atom stereocenters. The van der Waals surface area contributed by atoms with E-state index in [4.69, 9.17) is 0 Å². The Morgan fingerprint density at radius 3 is 2.50 bits per heavy atom. The van der Waals surface area contributed by atoms with E-state index in [1.54, 1.807) is 0 Å². The van der Waals surface area contributed by atoms with Gasteiger partial charge in [0.15, 0.2) is 0 Å². The van der Waals surface area contributed by atoms with Crippen molar-refractivity contribution in [1.82, 2.24) is 0 Å². The molecule has 122 valence electrons. The van der Waals surface area contributed by atoms with Crippen molar-refractivity contribution in [2.24, 2.45) is 0 Å². The third-order valence-corrected chi connectivity index (χ3v) is 4.62. The predicted octanol–water partition coefficient (Wildman–Crippen LogP) is 6.36. The van der Waals surface area contributed by atoms with Gasteiger partial charge < -0.3 is 4.90 Å². The molecule has 0 fully saturated rings. The van der Waals surface area contributed by atoms with E-state index in [0.717, 1.165) is 6.54 Å². The van der Waals surface area contributed by atoms with Crippen LogP contribution >= 0.6 is 0 Å². The number of benzene rings is 2. The van der Waals surface area contributed by atoms with E-state index in [0.29, 0.717) is 0 Å². The first-order valence-electron chi connectivity index (χ1n) is 8.56. The topological polar surface area (TPSA) is 3.24 Å². The summed E-state index contributed by atoms with van der Waals surface area (Å²) >= 11 is 0. The molecule has 1 aliphatic heterocycles. The number of hydrogen-bond donors (Lipinski definition) is 0. The van der Waals surface area contributed by atoms with Crippen LogP contribution in [0.1, 0.15) is 30.5 Å². The number of nitrogens with zero attached hydrogens (tertiary/aromatic N) is 1. The summed E-state index contributed by atoms with van der Waals surface area (Å²) in [6.45, 7) is 9.52. The van der Waals surface area contributed by atoms with Crippen molar-refractivity contribution >= 4 is 16.9 Å². The van der Waals surface area contributed by atoms with Crippen molar-refractivity contribution < 1.29 is 0 Å². The minimum absolute atomic E-state index is 0.863. The summed E-state index contributed by atoms with van der Waals surface area (Å²) in [5.41, 5.74) is 9.02. The second kappa shape index (κ2) is 6.92. The number of para-hydroxylation sites is 1. The normalized spacial score (nSPS) is 19.8. The maximum Gasteiger partial charge on any atom is 0.0496 e. The van der Waals surface area contributed by atoms with Crippen LogP contribution in [0.4, 0.5) is 11.4 Å². The number of hydrogen-bond acceptors (Lipinski definition) is 1. The van der Waals surface area contributed by atoms with Crippen molar-refractivity contribution in [2.45, 2.75) is 27.7 Å². The van der Waals surface area contributed by atoms with E-state index in [1.807, 2.05) is 0 Å². The van der Waals surface area contributed by atoms with Crippen LogP contribution in [0.15, 0.2) is 72.3 Å². The van der Waals surface area contributed by atoms with Gasteiger partial charge in [0.05, 0.1) is 0 Å². The number of fused-ring (bicyclic) bond motifs is 1. The molecule has 3 rings (SSSR count). The Labute approximate surface area is 145 Å². The van der Waals surface area contributed by atoms with Crippen LogP contribution in [0.25, 0.3) is 5.57 Å². The smallest absolute Gasteiger partial charge is 0.0496 e. The minimum atomic E-state index is 0.863. The molecule has 0 amide bonds. The summed E-state index contributed by atoms with van der Waals surface area (Å²) in [7, 11) is 0. The highest BCUT2D eigenvalue weighted by Crippen LogP contribution is 2.37. The maximum absolute atomic E-state index is 2.42. The van der Waals surface area contributed by atoms with Crippen molar-refractivity contribution in [3.05, 3.63) is 89.0 Å². The van der Waals surface area contributed by atoms with E-state index < -0.39 is 0 Å². The van der Waals surface area contributed by atoms with Crippen molar-refractivity contribution in [3.63, 3.8) is 0 Å². The van der Waals surface area contributed by atoms with Crippen molar-refractivity contribution in [3.8, 4) is 0 Å². The Kier molecular flexibility index (Phi) is 4.71. The van der Waals surface area contributed by atoms with Gasteiger partial charge in [-0.3, -0.25) is 0 Å². The van der Waals surface area contributed by atoms with Gasteiger partial charge in [-0.15, -0.1) is 0 Å². The molecule has 0 saturated heterocycles.